The zero-order valence-electron chi connectivity index (χ0n) is 14.7. The van der Waals surface area contributed by atoms with E-state index in [9.17, 15) is 9.59 Å². The molecule has 0 radical (unpaired) electrons. The number of esters is 1. The van der Waals surface area contributed by atoms with E-state index in [1.165, 1.54) is 0 Å². The molecule has 1 aromatic rings. The summed E-state index contributed by atoms with van der Waals surface area (Å²) in [4.78, 5) is 26.3. The van der Waals surface area contributed by atoms with Crippen LogP contribution in [-0.4, -0.2) is 32.7 Å². The van der Waals surface area contributed by atoms with E-state index in [1.54, 1.807) is 6.92 Å². The molecule has 0 saturated carbocycles. The molecule has 0 fully saturated rings. The van der Waals surface area contributed by atoms with Crippen LogP contribution in [0.1, 0.15) is 38.3 Å². The second kappa shape index (κ2) is 7.86. The first kappa shape index (κ1) is 17.8. The van der Waals surface area contributed by atoms with Gasteiger partial charge in [-0.2, -0.15) is 0 Å². The molecule has 0 spiro atoms. The smallest absolute Gasteiger partial charge is 0.338 e. The lowest BCUT2D eigenvalue weighted by atomic mass is 9.95. The molecule has 24 heavy (non-hydrogen) atoms. The van der Waals surface area contributed by atoms with E-state index in [0.717, 1.165) is 24.1 Å². The topological polar surface area (TPSA) is 70.7 Å². The summed E-state index contributed by atoms with van der Waals surface area (Å²) in [5.74, 6) is -0.393. The number of rotatable bonds is 6. The Bertz CT molecular complexity index is 635. The fourth-order valence-corrected chi connectivity index (χ4v) is 2.57. The Labute approximate surface area is 142 Å². The van der Waals surface area contributed by atoms with Gasteiger partial charge in [-0.3, -0.25) is 0 Å². The van der Waals surface area contributed by atoms with Crippen LogP contribution in [-0.2, 0) is 9.53 Å². The Hall–Kier alpha value is -2.50. The van der Waals surface area contributed by atoms with Crippen LogP contribution in [0, 0.1) is 0 Å². The zero-order valence-corrected chi connectivity index (χ0v) is 14.7. The number of amides is 2. The monoisotopic (exact) mass is 331 g/mol. The van der Waals surface area contributed by atoms with Crippen LogP contribution in [0.2, 0.25) is 0 Å². The third-order valence-corrected chi connectivity index (χ3v) is 3.96. The minimum atomic E-state index is -0.510. The third-order valence-electron chi connectivity index (χ3n) is 3.96. The largest absolute Gasteiger partial charge is 0.462 e. The lowest BCUT2D eigenvalue weighted by Gasteiger charge is -2.28. The molecule has 1 unspecified atom stereocenters. The summed E-state index contributed by atoms with van der Waals surface area (Å²) < 4.78 is 5.34. The average Bonchev–Trinajstić information content (AvgIpc) is 2.54. The molecule has 1 aliphatic rings. The van der Waals surface area contributed by atoms with E-state index in [4.69, 9.17) is 4.74 Å². The zero-order chi connectivity index (χ0) is 17.7. The standard InChI is InChI=1S/C18H25N3O3/c1-5-6-11-24-17(22)15-12(2)19-18(23)20-16(15)13-7-9-14(10-8-13)21(3)4/h7-10,16H,5-6,11H2,1-4H3,(H2,19,20,23). The van der Waals surface area contributed by atoms with E-state index in [-0.39, 0.29) is 6.03 Å². The van der Waals surface area contributed by atoms with Crippen molar-refractivity contribution in [3.05, 3.63) is 41.1 Å². The van der Waals surface area contributed by atoms with Gasteiger partial charge in [0.25, 0.3) is 0 Å². The number of nitrogens with zero attached hydrogens (tertiary/aromatic N) is 1. The molecule has 2 rings (SSSR count). The molecule has 130 valence electrons. The number of benzene rings is 1. The van der Waals surface area contributed by atoms with Gasteiger partial charge in [0.15, 0.2) is 0 Å². The fraction of sp³-hybridized carbons (Fsp3) is 0.444. The van der Waals surface area contributed by atoms with Crippen molar-refractivity contribution in [3.8, 4) is 0 Å². The molecule has 1 atom stereocenters. The highest BCUT2D eigenvalue weighted by Crippen LogP contribution is 2.28. The van der Waals surface area contributed by atoms with E-state index >= 15 is 0 Å². The lowest BCUT2D eigenvalue weighted by molar-refractivity contribution is -0.139. The molecule has 1 heterocycles. The molecule has 0 aliphatic carbocycles. The second-order valence-corrected chi connectivity index (χ2v) is 6.05. The van der Waals surface area contributed by atoms with Gasteiger partial charge in [0.05, 0.1) is 18.2 Å². The van der Waals surface area contributed by atoms with Crippen LogP contribution in [0.15, 0.2) is 35.5 Å². The van der Waals surface area contributed by atoms with Crippen molar-refractivity contribution >= 4 is 17.7 Å². The number of ether oxygens (including phenoxy) is 1. The molecule has 0 aromatic heterocycles. The number of unbranched alkanes of at least 4 members (excludes halogenated alkanes) is 1. The molecular formula is C18H25N3O3. The summed E-state index contributed by atoms with van der Waals surface area (Å²) in [6.45, 7) is 4.14. The predicted molar refractivity (Wildman–Crippen MR) is 93.7 cm³/mol. The molecular weight excluding hydrogens is 306 g/mol. The molecule has 1 aliphatic heterocycles. The number of carbonyl (C=O) groups is 2. The van der Waals surface area contributed by atoms with Gasteiger partial charge in [0.2, 0.25) is 0 Å². The molecule has 1 aromatic carbocycles. The summed E-state index contributed by atoms with van der Waals surface area (Å²) in [6, 6.07) is 6.91. The van der Waals surface area contributed by atoms with Gasteiger partial charge >= 0.3 is 12.0 Å². The van der Waals surface area contributed by atoms with Crippen molar-refractivity contribution in [3.63, 3.8) is 0 Å². The minimum absolute atomic E-state index is 0.320. The maximum absolute atomic E-state index is 12.5. The summed E-state index contributed by atoms with van der Waals surface area (Å²) in [7, 11) is 3.92. The molecule has 0 saturated heterocycles. The third kappa shape index (κ3) is 4.07. The van der Waals surface area contributed by atoms with Gasteiger partial charge in [0.1, 0.15) is 0 Å². The van der Waals surface area contributed by atoms with E-state index < -0.39 is 12.0 Å². The van der Waals surface area contributed by atoms with Crippen LogP contribution in [0.25, 0.3) is 0 Å². The molecule has 2 amide bonds. The van der Waals surface area contributed by atoms with Crippen molar-refractivity contribution in [2.24, 2.45) is 0 Å². The molecule has 6 heteroatoms. The van der Waals surface area contributed by atoms with Gasteiger partial charge in [-0.15, -0.1) is 0 Å². The number of carbonyl (C=O) groups excluding carboxylic acids is 2. The molecule has 0 bridgehead atoms. The van der Waals surface area contributed by atoms with Crippen LogP contribution in [0.5, 0.6) is 0 Å². The predicted octanol–water partition coefficient (Wildman–Crippen LogP) is 2.72. The van der Waals surface area contributed by atoms with Crippen LogP contribution >= 0.6 is 0 Å². The fourth-order valence-electron chi connectivity index (χ4n) is 2.57. The maximum Gasteiger partial charge on any atom is 0.338 e. The Morgan fingerprint density at radius 2 is 1.92 bits per heavy atom. The Morgan fingerprint density at radius 1 is 1.25 bits per heavy atom. The number of hydrogen-bond donors (Lipinski definition) is 2. The first-order valence-electron chi connectivity index (χ1n) is 8.16. The first-order valence-corrected chi connectivity index (χ1v) is 8.16. The van der Waals surface area contributed by atoms with Gasteiger partial charge in [-0.25, -0.2) is 9.59 Å². The normalized spacial score (nSPS) is 17.2. The lowest BCUT2D eigenvalue weighted by Crippen LogP contribution is -2.45. The quantitative estimate of drug-likeness (QED) is 0.621. The van der Waals surface area contributed by atoms with Gasteiger partial charge in [0, 0.05) is 25.5 Å². The molecule has 6 nitrogen and oxygen atoms in total. The van der Waals surface area contributed by atoms with Crippen molar-refractivity contribution in [1.29, 1.82) is 0 Å². The van der Waals surface area contributed by atoms with Gasteiger partial charge in [-0.1, -0.05) is 25.5 Å². The van der Waals surface area contributed by atoms with Gasteiger partial charge in [-0.05, 0) is 31.0 Å². The minimum Gasteiger partial charge on any atom is -0.462 e. The number of nitrogens with one attached hydrogen (secondary N) is 2. The van der Waals surface area contributed by atoms with Crippen LogP contribution in [0.4, 0.5) is 10.5 Å². The SMILES string of the molecule is CCCCOC(=O)C1=C(C)NC(=O)NC1c1ccc(N(C)C)cc1. The Morgan fingerprint density at radius 3 is 2.50 bits per heavy atom. The van der Waals surface area contributed by atoms with E-state index in [0.29, 0.717) is 17.9 Å². The highest BCUT2D eigenvalue weighted by atomic mass is 16.5. The summed E-state index contributed by atoms with van der Waals surface area (Å²) >= 11 is 0. The maximum atomic E-state index is 12.5. The summed E-state index contributed by atoms with van der Waals surface area (Å²) in [5, 5.41) is 5.46. The first-order chi connectivity index (χ1) is 11.4. The average molecular weight is 331 g/mol. The van der Waals surface area contributed by atoms with E-state index in [1.807, 2.05) is 50.2 Å². The number of hydrogen-bond acceptors (Lipinski definition) is 4. The van der Waals surface area contributed by atoms with Gasteiger partial charge < -0.3 is 20.3 Å². The van der Waals surface area contributed by atoms with Crippen LogP contribution < -0.4 is 15.5 Å². The van der Waals surface area contributed by atoms with Crippen molar-refractivity contribution in [1.82, 2.24) is 10.6 Å². The highest BCUT2D eigenvalue weighted by molar-refractivity contribution is 5.95. The second-order valence-electron chi connectivity index (χ2n) is 6.05. The molecule has 2 N–H and O–H groups in total. The van der Waals surface area contributed by atoms with E-state index in [2.05, 4.69) is 10.6 Å². The van der Waals surface area contributed by atoms with Crippen molar-refractivity contribution in [2.45, 2.75) is 32.7 Å². The van der Waals surface area contributed by atoms with Crippen LogP contribution in [0.3, 0.4) is 0 Å². The highest BCUT2D eigenvalue weighted by Gasteiger charge is 2.32. The summed E-state index contributed by atoms with van der Waals surface area (Å²) in [5.41, 5.74) is 2.87. The Balaban J connectivity index is 2.28. The summed E-state index contributed by atoms with van der Waals surface area (Å²) in [6.07, 6.45) is 1.77. The number of urea groups is 1. The number of anilines is 1. The van der Waals surface area contributed by atoms with Crippen molar-refractivity contribution < 1.29 is 14.3 Å². The number of allylic oxidation sites excluding steroid dienone is 1. The Kier molecular flexibility index (Phi) is 5.84. The van der Waals surface area contributed by atoms with Crippen molar-refractivity contribution in [2.75, 3.05) is 25.6 Å².